The minimum absolute atomic E-state index is 0.0876. The van der Waals surface area contributed by atoms with Crippen molar-refractivity contribution in [1.82, 2.24) is 10.6 Å². The topological polar surface area (TPSA) is 205 Å². The van der Waals surface area contributed by atoms with E-state index >= 15 is 0 Å². The van der Waals surface area contributed by atoms with E-state index < -0.39 is 85.9 Å². The molecule has 3 rings (SSSR count). The zero-order chi connectivity index (χ0) is 34.6. The Kier molecular flexibility index (Phi) is 15.6. The van der Waals surface area contributed by atoms with Crippen LogP contribution in [0.1, 0.15) is 70.3 Å². The molecule has 0 spiro atoms. The molecule has 2 fully saturated rings. The number of benzene rings is 1. The first kappa shape index (κ1) is 38.9. The predicted octanol–water partition coefficient (Wildman–Crippen LogP) is 1.75. The number of hydrogen-bond acceptors (Lipinski definition) is 10. The van der Waals surface area contributed by atoms with Gasteiger partial charge in [-0.05, 0) is 24.6 Å². The van der Waals surface area contributed by atoms with Crippen LogP contribution in [-0.2, 0) is 25.2 Å². The summed E-state index contributed by atoms with van der Waals surface area (Å²) in [7, 11) is 0. The van der Waals surface area contributed by atoms with Gasteiger partial charge in [0.1, 0.15) is 36.6 Å². The van der Waals surface area contributed by atoms with E-state index in [-0.39, 0.29) is 24.6 Å². The van der Waals surface area contributed by atoms with Gasteiger partial charge in [0.15, 0.2) is 6.29 Å². The van der Waals surface area contributed by atoms with Crippen molar-refractivity contribution in [2.24, 2.45) is 5.73 Å². The maximum Gasteiger partial charge on any atom is 0.416 e. The summed E-state index contributed by atoms with van der Waals surface area (Å²) in [5.41, 5.74) is 5.10. The van der Waals surface area contributed by atoms with E-state index in [0.717, 1.165) is 43.9 Å². The van der Waals surface area contributed by atoms with Crippen molar-refractivity contribution in [3.05, 3.63) is 29.8 Å². The highest BCUT2D eigenvalue weighted by Crippen LogP contribution is 2.31. The molecule has 268 valence electrons. The number of nitrogens with one attached hydrogen (secondary N) is 3. The quantitative estimate of drug-likeness (QED) is 0.119. The molecule has 13 nitrogen and oxygen atoms in total. The maximum absolute atomic E-state index is 13.1. The molecule has 1 aromatic rings. The number of alkyl halides is 3. The summed E-state index contributed by atoms with van der Waals surface area (Å²) >= 11 is 0. The Morgan fingerprint density at radius 1 is 0.957 bits per heavy atom. The SMILES string of the molecule is CCCCCCCCCCC(=O)N[C@H]1C(CO)OCC(N)[C@H]1O[C@@H]1OC(CO)[C@@H](O)[C@H](O)C1NC(=O)Nc1cccc(C(F)(F)F)c1. The summed E-state index contributed by atoms with van der Waals surface area (Å²) < 4.78 is 56.9. The smallest absolute Gasteiger partial charge is 0.394 e. The molecular weight excluding hydrogens is 629 g/mol. The van der Waals surface area contributed by atoms with Crippen LogP contribution < -0.4 is 21.7 Å². The van der Waals surface area contributed by atoms with Crippen molar-refractivity contribution in [2.45, 2.75) is 126 Å². The number of nitrogens with two attached hydrogens (primary N) is 1. The fourth-order valence-electron chi connectivity index (χ4n) is 5.71. The van der Waals surface area contributed by atoms with Crippen LogP contribution in [-0.4, -0.2) is 107 Å². The number of anilines is 1. The summed E-state index contributed by atoms with van der Waals surface area (Å²) in [4.78, 5) is 25.8. The van der Waals surface area contributed by atoms with Crippen molar-refractivity contribution in [3.8, 4) is 0 Å². The number of hydrogen-bond donors (Lipinski definition) is 8. The molecule has 1 aromatic carbocycles. The lowest BCUT2D eigenvalue weighted by Gasteiger charge is -2.47. The largest absolute Gasteiger partial charge is 0.416 e. The van der Waals surface area contributed by atoms with E-state index in [4.69, 9.17) is 19.9 Å². The fraction of sp³-hybridized carbons (Fsp3) is 0.742. The van der Waals surface area contributed by atoms with Gasteiger partial charge in [0.25, 0.3) is 0 Å². The third-order valence-corrected chi connectivity index (χ3v) is 8.36. The van der Waals surface area contributed by atoms with E-state index in [2.05, 4.69) is 22.9 Å². The first-order valence-electron chi connectivity index (χ1n) is 16.2. The van der Waals surface area contributed by atoms with Crippen LogP contribution in [0.15, 0.2) is 24.3 Å². The van der Waals surface area contributed by atoms with Gasteiger partial charge in [-0.25, -0.2) is 4.79 Å². The number of aliphatic hydroxyl groups is 4. The average Bonchev–Trinajstić information content (AvgIpc) is 3.03. The molecule has 0 radical (unpaired) electrons. The summed E-state index contributed by atoms with van der Waals surface area (Å²) in [6.45, 7) is 0.834. The van der Waals surface area contributed by atoms with Gasteiger partial charge >= 0.3 is 12.2 Å². The highest BCUT2D eigenvalue weighted by molar-refractivity contribution is 5.89. The van der Waals surface area contributed by atoms with Gasteiger partial charge in [0.2, 0.25) is 5.91 Å². The van der Waals surface area contributed by atoms with Crippen molar-refractivity contribution >= 4 is 17.6 Å². The van der Waals surface area contributed by atoms with Gasteiger partial charge in [-0.3, -0.25) is 4.79 Å². The Hall–Kier alpha value is -2.57. The van der Waals surface area contributed by atoms with Crippen molar-refractivity contribution in [3.63, 3.8) is 0 Å². The molecule has 2 aliphatic rings. The van der Waals surface area contributed by atoms with E-state index in [9.17, 15) is 43.2 Å². The number of amides is 3. The van der Waals surface area contributed by atoms with Crippen LogP contribution in [0, 0.1) is 0 Å². The molecule has 0 aliphatic carbocycles. The lowest BCUT2D eigenvalue weighted by atomic mass is 9.94. The standard InChI is InChI=1S/C31H49F3N4O9/c1-2-3-4-5-6-7-8-9-13-23(41)37-24-21(15-39)45-17-20(35)28(24)47-29-25(27(43)26(42)22(16-40)46-29)38-30(44)36-19-12-10-11-18(14-19)31(32,33)34/h10-12,14,20-22,24-29,39-40,42-43H,2-9,13,15-17,35H2,1H3,(H,37,41)(H2,36,38,44)/t20?,21?,22?,24-,25?,26+,27+,28+,29-/m0/s1. The summed E-state index contributed by atoms with van der Waals surface area (Å²) in [5, 5.41) is 48.6. The lowest BCUT2D eigenvalue weighted by molar-refractivity contribution is -0.292. The van der Waals surface area contributed by atoms with Gasteiger partial charge in [0, 0.05) is 12.1 Å². The summed E-state index contributed by atoms with van der Waals surface area (Å²) in [6.07, 6.45) is -4.48. The number of ether oxygens (including phenoxy) is 3. The fourth-order valence-corrected chi connectivity index (χ4v) is 5.71. The number of carbonyl (C=O) groups is 2. The van der Waals surface area contributed by atoms with Crippen molar-refractivity contribution < 1.29 is 57.4 Å². The molecule has 0 bridgehead atoms. The van der Waals surface area contributed by atoms with Crippen LogP contribution >= 0.6 is 0 Å². The molecular formula is C31H49F3N4O9. The second-order valence-electron chi connectivity index (χ2n) is 12.0. The third-order valence-electron chi connectivity index (χ3n) is 8.36. The monoisotopic (exact) mass is 678 g/mol. The molecule has 0 saturated carbocycles. The number of rotatable bonds is 16. The summed E-state index contributed by atoms with van der Waals surface area (Å²) in [6, 6.07) is -0.561. The van der Waals surface area contributed by atoms with Gasteiger partial charge < -0.3 is 56.3 Å². The van der Waals surface area contributed by atoms with E-state index in [0.29, 0.717) is 6.42 Å². The Labute approximate surface area is 272 Å². The number of halogens is 3. The van der Waals surface area contributed by atoms with E-state index in [1.807, 2.05) is 0 Å². The molecule has 9 N–H and O–H groups in total. The molecule has 4 unspecified atom stereocenters. The van der Waals surface area contributed by atoms with Gasteiger partial charge in [-0.2, -0.15) is 13.2 Å². The normalized spacial score (nSPS) is 29.7. The maximum atomic E-state index is 13.1. The Balaban J connectivity index is 1.70. The predicted molar refractivity (Wildman–Crippen MR) is 164 cm³/mol. The Morgan fingerprint density at radius 3 is 2.26 bits per heavy atom. The van der Waals surface area contributed by atoms with E-state index in [1.54, 1.807) is 0 Å². The zero-order valence-electron chi connectivity index (χ0n) is 26.5. The molecule has 16 heteroatoms. The zero-order valence-corrected chi connectivity index (χ0v) is 26.5. The van der Waals surface area contributed by atoms with Crippen molar-refractivity contribution in [2.75, 3.05) is 25.1 Å². The van der Waals surface area contributed by atoms with Gasteiger partial charge in [-0.15, -0.1) is 0 Å². The number of aliphatic hydroxyl groups excluding tert-OH is 4. The highest BCUT2D eigenvalue weighted by Gasteiger charge is 2.49. The second-order valence-corrected chi connectivity index (χ2v) is 12.0. The highest BCUT2D eigenvalue weighted by atomic mass is 19.4. The minimum Gasteiger partial charge on any atom is -0.394 e. The Morgan fingerprint density at radius 2 is 1.62 bits per heavy atom. The first-order valence-corrected chi connectivity index (χ1v) is 16.2. The van der Waals surface area contributed by atoms with Crippen LogP contribution in [0.25, 0.3) is 0 Å². The molecule has 9 atom stereocenters. The van der Waals surface area contributed by atoms with Gasteiger partial charge in [-0.1, -0.05) is 57.9 Å². The average molecular weight is 679 g/mol. The van der Waals surface area contributed by atoms with Crippen LogP contribution in [0.5, 0.6) is 0 Å². The molecule has 2 aliphatic heterocycles. The molecule has 47 heavy (non-hydrogen) atoms. The molecule has 2 saturated heterocycles. The Bertz CT molecular complexity index is 1120. The lowest BCUT2D eigenvalue weighted by Crippen LogP contribution is -2.69. The van der Waals surface area contributed by atoms with Crippen LogP contribution in [0.2, 0.25) is 0 Å². The summed E-state index contributed by atoms with van der Waals surface area (Å²) in [5.74, 6) is -0.325. The second kappa shape index (κ2) is 18.8. The first-order chi connectivity index (χ1) is 22.4. The van der Waals surface area contributed by atoms with E-state index in [1.165, 1.54) is 25.3 Å². The third kappa shape index (κ3) is 11.5. The minimum atomic E-state index is -4.65. The molecule has 0 aromatic heterocycles. The number of urea groups is 1. The van der Waals surface area contributed by atoms with Crippen LogP contribution in [0.4, 0.5) is 23.7 Å². The van der Waals surface area contributed by atoms with Crippen LogP contribution in [0.3, 0.4) is 0 Å². The van der Waals surface area contributed by atoms with Gasteiger partial charge in [0.05, 0.1) is 37.5 Å². The molecule has 2 heterocycles. The molecule has 3 amide bonds. The number of carbonyl (C=O) groups excluding carboxylic acids is 2. The number of unbranched alkanes of at least 4 members (excludes halogenated alkanes) is 7. The van der Waals surface area contributed by atoms with Crippen molar-refractivity contribution in [1.29, 1.82) is 0 Å².